The Hall–Kier alpha value is -3.05. The minimum Gasteiger partial charge on any atom is -0.442 e. The lowest BCUT2D eigenvalue weighted by atomic mass is 9.89. The Morgan fingerprint density at radius 3 is 2.70 bits per heavy atom. The third-order valence-electron chi connectivity index (χ3n) is 5.98. The van der Waals surface area contributed by atoms with Crippen molar-refractivity contribution in [3.05, 3.63) is 56.7 Å². The van der Waals surface area contributed by atoms with E-state index in [0.717, 1.165) is 30.8 Å². The molecule has 2 amide bonds. The van der Waals surface area contributed by atoms with Crippen molar-refractivity contribution in [3.63, 3.8) is 0 Å². The molecule has 33 heavy (non-hydrogen) atoms. The van der Waals surface area contributed by atoms with Gasteiger partial charge >= 0.3 is 11.1 Å². The number of nitrogens with one attached hydrogen (secondary N) is 1. The quantitative estimate of drug-likeness (QED) is 0.483. The number of benzene rings is 1. The number of carbonyl (C=O) groups excluding carboxylic acids is 2. The fourth-order valence-electron chi connectivity index (χ4n) is 4.28. The summed E-state index contributed by atoms with van der Waals surface area (Å²) in [6.45, 7) is 4.07. The molecule has 2 saturated heterocycles. The average molecular weight is 477 g/mol. The van der Waals surface area contributed by atoms with E-state index in [-0.39, 0.29) is 40.7 Å². The Kier molecular flexibility index (Phi) is 6.89. The Morgan fingerprint density at radius 1 is 1.30 bits per heavy atom. The molecule has 2 aliphatic rings. The number of hydrogen-bond acceptors (Lipinski definition) is 7. The van der Waals surface area contributed by atoms with Crippen LogP contribution in [-0.2, 0) is 16.1 Å². The molecular formula is C22H25FN4O5S. The average Bonchev–Trinajstić information content (AvgIpc) is 3.39. The predicted molar refractivity (Wildman–Crippen MR) is 121 cm³/mol. The molecule has 1 aromatic heterocycles. The molecule has 0 bridgehead atoms. The van der Waals surface area contributed by atoms with E-state index in [2.05, 4.69) is 10.2 Å². The van der Waals surface area contributed by atoms with Gasteiger partial charge in [-0.25, -0.2) is 9.18 Å². The monoisotopic (exact) mass is 476 g/mol. The number of nitro groups is 1. The number of ether oxygens (including phenoxy) is 1. The van der Waals surface area contributed by atoms with Crippen molar-refractivity contribution in [2.24, 2.45) is 0 Å². The van der Waals surface area contributed by atoms with E-state index < -0.39 is 12.2 Å². The van der Waals surface area contributed by atoms with Gasteiger partial charge in [-0.15, -0.1) is 0 Å². The second kappa shape index (κ2) is 9.84. The highest BCUT2D eigenvalue weighted by molar-refractivity contribution is 7.15. The van der Waals surface area contributed by atoms with Crippen molar-refractivity contribution in [3.8, 4) is 0 Å². The number of halogens is 1. The van der Waals surface area contributed by atoms with Gasteiger partial charge in [0.25, 0.3) is 0 Å². The summed E-state index contributed by atoms with van der Waals surface area (Å²) < 4.78 is 20.2. The maximum absolute atomic E-state index is 15.0. The molecule has 1 N–H and O–H groups in total. The zero-order valence-electron chi connectivity index (χ0n) is 18.2. The normalized spacial score (nSPS) is 19.5. The van der Waals surface area contributed by atoms with Gasteiger partial charge in [-0.1, -0.05) is 17.4 Å². The maximum Gasteiger partial charge on any atom is 0.414 e. The molecule has 0 radical (unpaired) electrons. The fourth-order valence-corrected chi connectivity index (χ4v) is 5.15. The van der Waals surface area contributed by atoms with Crippen LogP contribution in [0, 0.1) is 15.9 Å². The van der Waals surface area contributed by atoms with Gasteiger partial charge in [0.15, 0.2) is 0 Å². The highest BCUT2D eigenvalue weighted by atomic mass is 32.1. The Bertz CT molecular complexity index is 1050. The van der Waals surface area contributed by atoms with Gasteiger partial charge in [-0.2, -0.15) is 0 Å². The fraction of sp³-hybridized carbons (Fsp3) is 0.455. The second-order valence-electron chi connectivity index (χ2n) is 8.31. The first-order chi connectivity index (χ1) is 15.8. The molecule has 176 valence electrons. The molecule has 0 aliphatic carbocycles. The van der Waals surface area contributed by atoms with Gasteiger partial charge in [0.05, 0.1) is 23.7 Å². The first kappa shape index (κ1) is 23.1. The number of hydrogen-bond donors (Lipinski definition) is 1. The van der Waals surface area contributed by atoms with E-state index >= 15 is 0 Å². The molecule has 2 aliphatic heterocycles. The van der Waals surface area contributed by atoms with Crippen LogP contribution in [0.4, 0.5) is 19.9 Å². The van der Waals surface area contributed by atoms with Gasteiger partial charge < -0.3 is 10.1 Å². The van der Waals surface area contributed by atoms with Gasteiger partial charge in [0.2, 0.25) is 5.91 Å². The van der Waals surface area contributed by atoms with Crippen molar-refractivity contribution < 1.29 is 23.6 Å². The SMILES string of the molecule is CC(=O)NCC1CN(c2ccc(C3CCN(Cc4ccc([N+](=O)[O-])s4)CC3)c(F)c2)C(=O)O1. The number of piperidine rings is 1. The number of likely N-dealkylation sites (tertiary alicyclic amines) is 1. The third-order valence-corrected chi connectivity index (χ3v) is 7.00. The van der Waals surface area contributed by atoms with Crippen LogP contribution in [-0.4, -0.2) is 54.1 Å². The lowest BCUT2D eigenvalue weighted by molar-refractivity contribution is -0.380. The molecular weight excluding hydrogens is 451 g/mol. The number of cyclic esters (lactones) is 1. The summed E-state index contributed by atoms with van der Waals surface area (Å²) in [5, 5.41) is 13.6. The summed E-state index contributed by atoms with van der Waals surface area (Å²) in [4.78, 5) is 38.3. The highest BCUT2D eigenvalue weighted by Crippen LogP contribution is 2.34. The van der Waals surface area contributed by atoms with E-state index in [1.54, 1.807) is 18.2 Å². The second-order valence-corrected chi connectivity index (χ2v) is 9.45. The number of anilines is 1. The van der Waals surface area contributed by atoms with Crippen molar-refractivity contribution >= 4 is 34.0 Å². The molecule has 1 aromatic carbocycles. The Balaban J connectivity index is 1.33. The zero-order valence-corrected chi connectivity index (χ0v) is 19.0. The van der Waals surface area contributed by atoms with Crippen LogP contribution < -0.4 is 10.2 Å². The van der Waals surface area contributed by atoms with Crippen LogP contribution in [0.2, 0.25) is 0 Å². The van der Waals surface area contributed by atoms with Crippen LogP contribution in [0.25, 0.3) is 0 Å². The molecule has 0 spiro atoms. The minimum atomic E-state index is -0.556. The number of amides is 2. The molecule has 11 heteroatoms. The summed E-state index contributed by atoms with van der Waals surface area (Å²) in [7, 11) is 0. The lowest BCUT2D eigenvalue weighted by Gasteiger charge is -2.32. The lowest BCUT2D eigenvalue weighted by Crippen LogP contribution is -2.33. The summed E-state index contributed by atoms with van der Waals surface area (Å²) in [6, 6.07) is 8.16. The zero-order chi connectivity index (χ0) is 23.5. The standard InChI is InChI=1S/C22H25FN4O5S/c1-14(28)24-11-17-12-26(22(29)32-17)16-2-4-19(20(23)10-16)15-6-8-25(9-7-15)13-18-3-5-21(33-18)27(30)31/h2-5,10,15,17H,6-9,11-13H2,1H3,(H,24,28). The minimum absolute atomic E-state index is 0.0750. The van der Waals surface area contributed by atoms with Crippen LogP contribution in [0.15, 0.2) is 30.3 Å². The predicted octanol–water partition coefficient (Wildman–Crippen LogP) is 3.64. The van der Waals surface area contributed by atoms with E-state index in [4.69, 9.17) is 4.74 Å². The molecule has 1 atom stereocenters. The summed E-state index contributed by atoms with van der Waals surface area (Å²) in [6.07, 6.45) is 0.542. The summed E-state index contributed by atoms with van der Waals surface area (Å²) >= 11 is 1.19. The Labute approximate surface area is 194 Å². The van der Waals surface area contributed by atoms with Crippen LogP contribution >= 0.6 is 11.3 Å². The van der Waals surface area contributed by atoms with Gasteiger partial charge in [0.1, 0.15) is 11.9 Å². The van der Waals surface area contributed by atoms with Gasteiger partial charge in [-0.05, 0) is 55.6 Å². The number of nitrogens with zero attached hydrogens (tertiary/aromatic N) is 3. The molecule has 0 saturated carbocycles. The van der Waals surface area contributed by atoms with Gasteiger partial charge in [-0.3, -0.25) is 24.7 Å². The third kappa shape index (κ3) is 5.48. The first-order valence-electron chi connectivity index (χ1n) is 10.8. The van der Waals surface area contributed by atoms with E-state index in [9.17, 15) is 24.1 Å². The van der Waals surface area contributed by atoms with Crippen molar-refractivity contribution in [1.82, 2.24) is 10.2 Å². The smallest absolute Gasteiger partial charge is 0.414 e. The molecule has 2 aromatic rings. The largest absolute Gasteiger partial charge is 0.442 e. The van der Waals surface area contributed by atoms with Crippen molar-refractivity contribution in [2.75, 3.05) is 31.1 Å². The van der Waals surface area contributed by atoms with Crippen LogP contribution in [0.5, 0.6) is 0 Å². The van der Waals surface area contributed by atoms with Crippen molar-refractivity contribution in [1.29, 1.82) is 0 Å². The first-order valence-corrected chi connectivity index (χ1v) is 11.6. The molecule has 9 nitrogen and oxygen atoms in total. The molecule has 1 unspecified atom stereocenters. The topological polar surface area (TPSA) is 105 Å². The summed E-state index contributed by atoms with van der Waals surface area (Å²) in [5.74, 6) is -0.480. The maximum atomic E-state index is 15.0. The van der Waals surface area contributed by atoms with Gasteiger partial charge in [0, 0.05) is 24.4 Å². The molecule has 2 fully saturated rings. The Morgan fingerprint density at radius 2 is 2.06 bits per heavy atom. The van der Waals surface area contributed by atoms with E-state index in [1.165, 1.54) is 35.3 Å². The van der Waals surface area contributed by atoms with Crippen molar-refractivity contribution in [2.45, 2.75) is 38.3 Å². The molecule has 4 rings (SSSR count). The van der Waals surface area contributed by atoms with Crippen LogP contribution in [0.1, 0.15) is 36.1 Å². The van der Waals surface area contributed by atoms with E-state index in [0.29, 0.717) is 17.8 Å². The van der Waals surface area contributed by atoms with E-state index in [1.807, 2.05) is 0 Å². The van der Waals surface area contributed by atoms with Crippen LogP contribution in [0.3, 0.4) is 0 Å². The highest BCUT2D eigenvalue weighted by Gasteiger charge is 2.33. The summed E-state index contributed by atoms with van der Waals surface area (Å²) in [5.41, 5.74) is 1.07. The number of carbonyl (C=O) groups is 2. The number of rotatable bonds is 7. The number of thiophene rings is 1. The molecule has 3 heterocycles.